The van der Waals surface area contributed by atoms with E-state index in [2.05, 4.69) is 5.32 Å². The summed E-state index contributed by atoms with van der Waals surface area (Å²) < 4.78 is 10.8. The standard InChI is InChI=1S/C24H32N2O4/c1-5-22(24(28)25-18(2)3)26(16-15-19-9-7-6-8-10-19)23(27)17-30-21-13-11-20(29-4)12-14-21/h6-14,18,22H,5,15-17H2,1-4H3,(H,25,28). The van der Waals surface area contributed by atoms with E-state index in [0.29, 0.717) is 25.1 Å². The van der Waals surface area contributed by atoms with Crippen LogP contribution in [0.15, 0.2) is 54.6 Å². The van der Waals surface area contributed by atoms with Crippen molar-refractivity contribution in [2.24, 2.45) is 0 Å². The second-order valence-corrected chi connectivity index (χ2v) is 7.37. The lowest BCUT2D eigenvalue weighted by molar-refractivity contribution is -0.142. The molecule has 0 saturated carbocycles. The van der Waals surface area contributed by atoms with E-state index in [1.54, 1.807) is 36.3 Å². The number of hydrogen-bond donors (Lipinski definition) is 1. The highest BCUT2D eigenvalue weighted by atomic mass is 16.5. The number of methoxy groups -OCH3 is 1. The van der Waals surface area contributed by atoms with Crippen LogP contribution in [0.2, 0.25) is 0 Å². The van der Waals surface area contributed by atoms with E-state index in [1.807, 2.05) is 51.1 Å². The number of carbonyl (C=O) groups excluding carboxylic acids is 2. The van der Waals surface area contributed by atoms with Gasteiger partial charge in [0.25, 0.3) is 5.91 Å². The number of amides is 2. The van der Waals surface area contributed by atoms with Gasteiger partial charge in [-0.3, -0.25) is 9.59 Å². The van der Waals surface area contributed by atoms with Crippen LogP contribution in [0.25, 0.3) is 0 Å². The molecule has 0 aliphatic carbocycles. The summed E-state index contributed by atoms with van der Waals surface area (Å²) in [6, 6.07) is 16.5. The Morgan fingerprint density at radius 2 is 1.63 bits per heavy atom. The predicted octanol–water partition coefficient (Wildman–Crippen LogP) is 3.45. The Morgan fingerprint density at radius 3 is 2.20 bits per heavy atom. The highest BCUT2D eigenvalue weighted by Crippen LogP contribution is 2.17. The summed E-state index contributed by atoms with van der Waals surface area (Å²) in [5.41, 5.74) is 1.12. The lowest BCUT2D eigenvalue weighted by atomic mass is 10.1. The highest BCUT2D eigenvalue weighted by molar-refractivity contribution is 5.88. The number of nitrogens with zero attached hydrogens (tertiary/aromatic N) is 1. The largest absolute Gasteiger partial charge is 0.497 e. The van der Waals surface area contributed by atoms with Crippen molar-refractivity contribution in [3.05, 3.63) is 60.2 Å². The van der Waals surface area contributed by atoms with E-state index >= 15 is 0 Å². The third-order valence-corrected chi connectivity index (χ3v) is 4.72. The molecule has 0 saturated heterocycles. The van der Waals surface area contributed by atoms with Crippen molar-refractivity contribution < 1.29 is 19.1 Å². The number of rotatable bonds is 11. The number of carbonyl (C=O) groups is 2. The van der Waals surface area contributed by atoms with Crippen LogP contribution >= 0.6 is 0 Å². The van der Waals surface area contributed by atoms with E-state index in [-0.39, 0.29) is 24.5 Å². The Kier molecular flexibility index (Phi) is 9.19. The van der Waals surface area contributed by atoms with Crippen molar-refractivity contribution in [3.8, 4) is 11.5 Å². The zero-order valence-corrected chi connectivity index (χ0v) is 18.3. The minimum absolute atomic E-state index is 0.00757. The minimum Gasteiger partial charge on any atom is -0.497 e. The van der Waals surface area contributed by atoms with Crippen LogP contribution in [-0.2, 0) is 16.0 Å². The Balaban J connectivity index is 2.10. The van der Waals surface area contributed by atoms with E-state index < -0.39 is 6.04 Å². The fraction of sp³-hybridized carbons (Fsp3) is 0.417. The van der Waals surface area contributed by atoms with Crippen LogP contribution < -0.4 is 14.8 Å². The van der Waals surface area contributed by atoms with Crippen LogP contribution in [-0.4, -0.2) is 49.1 Å². The first-order valence-corrected chi connectivity index (χ1v) is 10.3. The molecular weight excluding hydrogens is 380 g/mol. The maximum absolute atomic E-state index is 13.0. The molecule has 0 spiro atoms. The van der Waals surface area contributed by atoms with Gasteiger partial charge in [0.05, 0.1) is 7.11 Å². The summed E-state index contributed by atoms with van der Waals surface area (Å²) in [4.78, 5) is 27.4. The van der Waals surface area contributed by atoms with Crippen molar-refractivity contribution in [2.75, 3.05) is 20.3 Å². The van der Waals surface area contributed by atoms with Crippen LogP contribution in [0, 0.1) is 0 Å². The van der Waals surface area contributed by atoms with Crippen molar-refractivity contribution >= 4 is 11.8 Å². The van der Waals surface area contributed by atoms with Gasteiger partial charge in [-0.25, -0.2) is 0 Å². The average Bonchev–Trinajstić information content (AvgIpc) is 2.75. The number of ether oxygens (including phenoxy) is 2. The molecule has 2 aromatic rings. The third-order valence-electron chi connectivity index (χ3n) is 4.72. The van der Waals surface area contributed by atoms with Gasteiger partial charge in [-0.05, 0) is 56.5 Å². The molecule has 1 unspecified atom stereocenters. The number of benzene rings is 2. The second kappa shape index (κ2) is 11.9. The minimum atomic E-state index is -0.539. The first kappa shape index (κ1) is 23.3. The topological polar surface area (TPSA) is 67.9 Å². The Morgan fingerprint density at radius 1 is 1.00 bits per heavy atom. The predicted molar refractivity (Wildman–Crippen MR) is 118 cm³/mol. The molecule has 2 aromatic carbocycles. The fourth-order valence-corrected chi connectivity index (χ4v) is 3.18. The summed E-state index contributed by atoms with van der Waals surface area (Å²) in [6.07, 6.45) is 1.20. The molecule has 6 nitrogen and oxygen atoms in total. The van der Waals surface area contributed by atoms with Crippen LogP contribution in [0.5, 0.6) is 11.5 Å². The van der Waals surface area contributed by atoms with Crippen LogP contribution in [0.4, 0.5) is 0 Å². The summed E-state index contributed by atoms with van der Waals surface area (Å²) in [5, 5.41) is 2.93. The molecular formula is C24H32N2O4. The number of hydrogen-bond acceptors (Lipinski definition) is 4. The zero-order valence-electron chi connectivity index (χ0n) is 18.3. The molecule has 0 radical (unpaired) electrons. The summed E-state index contributed by atoms with van der Waals surface area (Å²) >= 11 is 0. The molecule has 0 fully saturated rings. The van der Waals surface area contributed by atoms with Gasteiger partial charge in [0.2, 0.25) is 5.91 Å². The van der Waals surface area contributed by atoms with Gasteiger partial charge in [-0.15, -0.1) is 0 Å². The second-order valence-electron chi connectivity index (χ2n) is 7.37. The number of nitrogens with one attached hydrogen (secondary N) is 1. The Hall–Kier alpha value is -3.02. The molecule has 1 atom stereocenters. The van der Waals surface area contributed by atoms with E-state index in [9.17, 15) is 9.59 Å². The maximum Gasteiger partial charge on any atom is 0.261 e. The van der Waals surface area contributed by atoms with Crippen molar-refractivity contribution in [1.82, 2.24) is 10.2 Å². The van der Waals surface area contributed by atoms with Gasteiger partial charge in [0, 0.05) is 12.6 Å². The fourth-order valence-electron chi connectivity index (χ4n) is 3.18. The maximum atomic E-state index is 13.0. The molecule has 1 N–H and O–H groups in total. The highest BCUT2D eigenvalue weighted by Gasteiger charge is 2.28. The lowest BCUT2D eigenvalue weighted by Crippen LogP contribution is -2.52. The molecule has 2 rings (SSSR count). The molecule has 0 bridgehead atoms. The zero-order chi connectivity index (χ0) is 21.9. The summed E-state index contributed by atoms with van der Waals surface area (Å²) in [5.74, 6) is 0.937. The molecule has 162 valence electrons. The first-order chi connectivity index (χ1) is 14.4. The Bertz CT molecular complexity index is 791. The monoisotopic (exact) mass is 412 g/mol. The SMILES string of the molecule is CCC(C(=O)NC(C)C)N(CCc1ccccc1)C(=O)COc1ccc(OC)cc1. The van der Waals surface area contributed by atoms with Gasteiger partial charge in [-0.2, -0.15) is 0 Å². The van der Waals surface area contributed by atoms with Crippen molar-refractivity contribution in [3.63, 3.8) is 0 Å². The molecule has 0 heterocycles. The molecule has 30 heavy (non-hydrogen) atoms. The lowest BCUT2D eigenvalue weighted by Gasteiger charge is -2.31. The summed E-state index contributed by atoms with van der Waals surface area (Å²) in [7, 11) is 1.59. The normalized spacial score (nSPS) is 11.6. The molecule has 2 amide bonds. The molecule has 0 aliphatic heterocycles. The summed E-state index contributed by atoms with van der Waals surface area (Å²) in [6.45, 7) is 6.05. The van der Waals surface area contributed by atoms with Crippen molar-refractivity contribution in [2.45, 2.75) is 45.7 Å². The van der Waals surface area contributed by atoms with Gasteiger partial charge >= 0.3 is 0 Å². The van der Waals surface area contributed by atoms with E-state index in [1.165, 1.54) is 0 Å². The van der Waals surface area contributed by atoms with Gasteiger partial charge in [-0.1, -0.05) is 37.3 Å². The Labute approximate surface area is 179 Å². The van der Waals surface area contributed by atoms with Gasteiger partial charge in [0.1, 0.15) is 17.5 Å². The quantitative estimate of drug-likeness (QED) is 0.614. The smallest absolute Gasteiger partial charge is 0.261 e. The first-order valence-electron chi connectivity index (χ1n) is 10.3. The van der Waals surface area contributed by atoms with E-state index in [4.69, 9.17) is 9.47 Å². The van der Waals surface area contributed by atoms with Crippen LogP contribution in [0.1, 0.15) is 32.8 Å². The average molecular weight is 413 g/mol. The van der Waals surface area contributed by atoms with Crippen molar-refractivity contribution in [1.29, 1.82) is 0 Å². The van der Waals surface area contributed by atoms with Gasteiger partial charge in [0.15, 0.2) is 6.61 Å². The van der Waals surface area contributed by atoms with Crippen LogP contribution in [0.3, 0.4) is 0 Å². The van der Waals surface area contributed by atoms with Gasteiger partial charge < -0.3 is 19.7 Å². The molecule has 0 aliphatic rings. The van der Waals surface area contributed by atoms with E-state index in [0.717, 1.165) is 11.3 Å². The molecule has 6 heteroatoms. The third kappa shape index (κ3) is 7.10. The molecule has 0 aromatic heterocycles.